The SMILES string of the molecule is CC1(C)c2cc(-c3ccc4c(c3)sc3ccccc34)ccc2-c2ccc3ncccc3c21. The third-order valence-corrected chi connectivity index (χ3v) is 8.24. The van der Waals surface area contributed by atoms with E-state index in [1.165, 1.54) is 58.9 Å². The van der Waals surface area contributed by atoms with E-state index >= 15 is 0 Å². The van der Waals surface area contributed by atoms with Gasteiger partial charge in [0.25, 0.3) is 0 Å². The molecule has 1 aliphatic carbocycles. The highest BCUT2D eigenvalue weighted by Crippen LogP contribution is 2.52. The van der Waals surface area contributed by atoms with Gasteiger partial charge in [0.1, 0.15) is 0 Å². The molecule has 2 heterocycles. The van der Waals surface area contributed by atoms with Crippen LogP contribution in [0.25, 0.3) is 53.3 Å². The van der Waals surface area contributed by atoms with Crippen molar-refractivity contribution in [1.82, 2.24) is 4.98 Å². The van der Waals surface area contributed by atoms with Gasteiger partial charge in [0.05, 0.1) is 5.52 Å². The van der Waals surface area contributed by atoms with Gasteiger partial charge in [0.2, 0.25) is 0 Å². The molecule has 0 saturated carbocycles. The molecule has 32 heavy (non-hydrogen) atoms. The molecule has 0 amide bonds. The summed E-state index contributed by atoms with van der Waals surface area (Å²) in [4.78, 5) is 4.60. The monoisotopic (exact) mass is 427 g/mol. The van der Waals surface area contributed by atoms with Crippen LogP contribution < -0.4 is 0 Å². The molecule has 0 atom stereocenters. The zero-order valence-electron chi connectivity index (χ0n) is 18.0. The Kier molecular flexibility index (Phi) is 3.55. The fourth-order valence-corrected chi connectivity index (χ4v) is 6.71. The van der Waals surface area contributed by atoms with Gasteiger partial charge in [-0.1, -0.05) is 68.4 Å². The van der Waals surface area contributed by atoms with Gasteiger partial charge >= 0.3 is 0 Å². The average molecular weight is 428 g/mol. The predicted octanol–water partition coefficient (Wildman–Crippen LogP) is 8.58. The maximum absolute atomic E-state index is 4.60. The van der Waals surface area contributed by atoms with Crippen molar-refractivity contribution in [2.24, 2.45) is 0 Å². The molecule has 1 aliphatic rings. The van der Waals surface area contributed by atoms with Gasteiger partial charge in [-0.25, -0.2) is 0 Å². The standard InChI is InChI=1S/C30H21NS/c1-30(2)25-16-18(19-10-12-22-21-6-3-4-8-27(21)32-28(22)17-19)9-11-20(25)23-13-14-26-24(29(23)30)7-5-15-31-26/h3-17H,1-2H3. The van der Waals surface area contributed by atoms with E-state index in [0.717, 1.165) is 5.52 Å². The Hall–Kier alpha value is -3.49. The van der Waals surface area contributed by atoms with E-state index in [9.17, 15) is 0 Å². The number of aromatic nitrogens is 1. The summed E-state index contributed by atoms with van der Waals surface area (Å²) in [6, 6.07) is 31.3. The fraction of sp³-hybridized carbons (Fsp3) is 0.100. The first-order valence-corrected chi connectivity index (χ1v) is 11.9. The van der Waals surface area contributed by atoms with Crippen molar-refractivity contribution < 1.29 is 0 Å². The molecule has 4 aromatic carbocycles. The lowest BCUT2D eigenvalue weighted by molar-refractivity contribution is 0.666. The molecule has 0 unspecified atom stereocenters. The van der Waals surface area contributed by atoms with E-state index < -0.39 is 0 Å². The number of fused-ring (bicyclic) bond motifs is 8. The van der Waals surface area contributed by atoms with Crippen LogP contribution in [0.5, 0.6) is 0 Å². The van der Waals surface area contributed by atoms with Crippen LogP contribution >= 0.6 is 11.3 Å². The van der Waals surface area contributed by atoms with Crippen molar-refractivity contribution >= 4 is 42.4 Å². The molecule has 0 spiro atoms. The number of hydrogen-bond donors (Lipinski definition) is 0. The minimum Gasteiger partial charge on any atom is -0.256 e. The summed E-state index contributed by atoms with van der Waals surface area (Å²) in [7, 11) is 0. The van der Waals surface area contributed by atoms with Crippen LogP contribution in [-0.4, -0.2) is 4.98 Å². The predicted molar refractivity (Wildman–Crippen MR) is 138 cm³/mol. The Morgan fingerprint density at radius 2 is 1.41 bits per heavy atom. The normalized spacial score (nSPS) is 14.2. The molecule has 0 aliphatic heterocycles. The summed E-state index contributed by atoms with van der Waals surface area (Å²) < 4.78 is 2.70. The lowest BCUT2D eigenvalue weighted by Gasteiger charge is -2.23. The van der Waals surface area contributed by atoms with Gasteiger partial charge in [-0.05, 0) is 63.7 Å². The van der Waals surface area contributed by atoms with Crippen LogP contribution in [0, 0.1) is 0 Å². The number of hydrogen-bond acceptors (Lipinski definition) is 2. The highest BCUT2D eigenvalue weighted by Gasteiger charge is 2.37. The summed E-state index contributed by atoms with van der Waals surface area (Å²) in [6.45, 7) is 4.70. The minimum atomic E-state index is -0.0645. The number of nitrogens with zero attached hydrogens (tertiary/aromatic N) is 1. The third-order valence-electron chi connectivity index (χ3n) is 7.11. The number of rotatable bonds is 1. The van der Waals surface area contributed by atoms with E-state index in [2.05, 4.69) is 97.7 Å². The molecule has 2 aromatic heterocycles. The second-order valence-corrected chi connectivity index (χ2v) is 10.3. The van der Waals surface area contributed by atoms with Crippen LogP contribution in [0.3, 0.4) is 0 Å². The molecule has 0 N–H and O–H groups in total. The molecular weight excluding hydrogens is 406 g/mol. The van der Waals surface area contributed by atoms with Crippen LogP contribution in [-0.2, 0) is 5.41 Å². The molecule has 0 bridgehead atoms. The summed E-state index contributed by atoms with van der Waals surface area (Å²) in [5.41, 5.74) is 9.07. The largest absolute Gasteiger partial charge is 0.256 e. The van der Waals surface area contributed by atoms with Crippen LogP contribution in [0.4, 0.5) is 0 Å². The van der Waals surface area contributed by atoms with Gasteiger partial charge in [0.15, 0.2) is 0 Å². The number of pyridine rings is 1. The summed E-state index contributed by atoms with van der Waals surface area (Å²) in [6.07, 6.45) is 1.88. The minimum absolute atomic E-state index is 0.0645. The quantitative estimate of drug-likeness (QED) is 0.256. The Morgan fingerprint density at radius 3 is 2.34 bits per heavy atom. The fourth-order valence-electron chi connectivity index (χ4n) is 5.57. The molecule has 0 radical (unpaired) electrons. The van der Waals surface area contributed by atoms with Crippen molar-refractivity contribution in [2.45, 2.75) is 19.3 Å². The van der Waals surface area contributed by atoms with E-state index in [-0.39, 0.29) is 5.41 Å². The van der Waals surface area contributed by atoms with Crippen molar-refractivity contribution in [3.8, 4) is 22.3 Å². The average Bonchev–Trinajstić information content (AvgIpc) is 3.31. The van der Waals surface area contributed by atoms with Crippen LogP contribution in [0.15, 0.2) is 91.1 Å². The van der Waals surface area contributed by atoms with Crippen molar-refractivity contribution in [3.05, 3.63) is 102 Å². The third kappa shape index (κ3) is 2.36. The highest BCUT2D eigenvalue weighted by molar-refractivity contribution is 7.25. The van der Waals surface area contributed by atoms with Gasteiger partial charge < -0.3 is 0 Å². The Morgan fingerprint density at radius 1 is 0.656 bits per heavy atom. The van der Waals surface area contributed by atoms with Crippen LogP contribution in [0.1, 0.15) is 25.0 Å². The Balaban J connectivity index is 1.42. The molecule has 1 nitrogen and oxygen atoms in total. The van der Waals surface area contributed by atoms with E-state index in [4.69, 9.17) is 0 Å². The maximum Gasteiger partial charge on any atom is 0.0705 e. The molecule has 7 rings (SSSR count). The van der Waals surface area contributed by atoms with Crippen molar-refractivity contribution in [1.29, 1.82) is 0 Å². The Labute approximate surface area is 191 Å². The molecule has 2 heteroatoms. The zero-order valence-corrected chi connectivity index (χ0v) is 18.8. The molecule has 0 saturated heterocycles. The van der Waals surface area contributed by atoms with Gasteiger partial charge in [-0.3, -0.25) is 4.98 Å². The first-order chi connectivity index (χ1) is 15.6. The van der Waals surface area contributed by atoms with E-state index in [1.807, 2.05) is 23.6 Å². The first kappa shape index (κ1) is 18.1. The topological polar surface area (TPSA) is 12.9 Å². The first-order valence-electron chi connectivity index (χ1n) is 11.1. The Bertz CT molecular complexity index is 1700. The smallest absolute Gasteiger partial charge is 0.0705 e. The summed E-state index contributed by atoms with van der Waals surface area (Å²) in [5, 5.41) is 3.96. The van der Waals surface area contributed by atoms with E-state index in [0.29, 0.717) is 0 Å². The summed E-state index contributed by atoms with van der Waals surface area (Å²) in [5.74, 6) is 0. The van der Waals surface area contributed by atoms with E-state index in [1.54, 1.807) is 0 Å². The second kappa shape index (κ2) is 6.27. The van der Waals surface area contributed by atoms with Crippen molar-refractivity contribution in [3.63, 3.8) is 0 Å². The second-order valence-electron chi connectivity index (χ2n) is 9.25. The number of thiophene rings is 1. The zero-order chi connectivity index (χ0) is 21.4. The van der Waals surface area contributed by atoms with Gasteiger partial charge in [0, 0.05) is 37.2 Å². The van der Waals surface area contributed by atoms with Gasteiger partial charge in [-0.2, -0.15) is 0 Å². The lowest BCUT2D eigenvalue weighted by Crippen LogP contribution is -2.15. The van der Waals surface area contributed by atoms with Crippen LogP contribution in [0.2, 0.25) is 0 Å². The highest BCUT2D eigenvalue weighted by atomic mass is 32.1. The maximum atomic E-state index is 4.60. The van der Waals surface area contributed by atoms with Crippen molar-refractivity contribution in [2.75, 3.05) is 0 Å². The van der Waals surface area contributed by atoms with Gasteiger partial charge in [-0.15, -0.1) is 11.3 Å². The molecule has 0 fully saturated rings. The lowest BCUT2D eigenvalue weighted by atomic mass is 9.80. The molecular formula is C30H21NS. The number of benzene rings is 4. The molecule has 152 valence electrons. The summed E-state index contributed by atoms with van der Waals surface area (Å²) >= 11 is 1.88. The molecule has 6 aromatic rings.